The zero-order valence-electron chi connectivity index (χ0n) is 12.1. The van der Waals surface area contributed by atoms with Gasteiger partial charge in [-0.3, -0.25) is 4.79 Å². The summed E-state index contributed by atoms with van der Waals surface area (Å²) < 4.78 is 13.5. The Kier molecular flexibility index (Phi) is 6.46. The predicted octanol–water partition coefficient (Wildman–Crippen LogP) is 4.12. The summed E-state index contributed by atoms with van der Waals surface area (Å²) >= 11 is 5.80. The van der Waals surface area contributed by atoms with Crippen molar-refractivity contribution in [3.8, 4) is 0 Å². The number of amides is 1. The molecule has 2 N–H and O–H groups in total. The number of nitrogens with one attached hydrogen (secondary N) is 2. The molecule has 116 valence electrons. The minimum Gasteiger partial charge on any atom is -0.322 e. The molecule has 0 atom stereocenters. The summed E-state index contributed by atoms with van der Waals surface area (Å²) in [7, 11) is 0. The van der Waals surface area contributed by atoms with Gasteiger partial charge in [0.1, 0.15) is 5.82 Å². The Morgan fingerprint density at radius 1 is 1.19 bits per heavy atom. The molecule has 5 heteroatoms. The maximum atomic E-state index is 13.5. The molecule has 2 rings (SSSR count). The summed E-state index contributed by atoms with van der Waals surface area (Å²) in [5, 5.41) is 6.24. The molecule has 0 heterocycles. The molecule has 1 aromatic carbocycles. The number of hydrogen-bond donors (Lipinski definition) is 2. The number of rotatable bonds is 4. The molecule has 1 fully saturated rings. The number of hydrogen-bond acceptors (Lipinski definition) is 2. The van der Waals surface area contributed by atoms with Crippen LogP contribution >= 0.6 is 11.6 Å². The maximum absolute atomic E-state index is 13.5. The van der Waals surface area contributed by atoms with Gasteiger partial charge >= 0.3 is 0 Å². The van der Waals surface area contributed by atoms with Crippen LogP contribution in [0.5, 0.6) is 0 Å². The summed E-state index contributed by atoms with van der Waals surface area (Å²) in [6.45, 7) is 0.205. The van der Waals surface area contributed by atoms with E-state index in [1.54, 1.807) is 0 Å². The molecule has 0 bridgehead atoms. The van der Waals surface area contributed by atoms with Gasteiger partial charge in [-0.15, -0.1) is 0 Å². The fourth-order valence-corrected chi connectivity index (χ4v) is 2.86. The summed E-state index contributed by atoms with van der Waals surface area (Å²) in [5.41, 5.74) is 0.131. The van der Waals surface area contributed by atoms with Gasteiger partial charge in [0, 0.05) is 11.1 Å². The molecule has 0 radical (unpaired) electrons. The van der Waals surface area contributed by atoms with Gasteiger partial charge in [-0.25, -0.2) is 4.39 Å². The smallest absolute Gasteiger partial charge is 0.238 e. The summed E-state index contributed by atoms with van der Waals surface area (Å²) in [6.07, 6.45) is 8.51. The van der Waals surface area contributed by atoms with Crippen molar-refractivity contribution in [1.29, 1.82) is 0 Å². The largest absolute Gasteiger partial charge is 0.322 e. The fraction of sp³-hybridized carbons (Fsp3) is 0.562. The van der Waals surface area contributed by atoms with Crippen LogP contribution in [0.1, 0.15) is 44.9 Å². The molecule has 1 saturated carbocycles. The van der Waals surface area contributed by atoms with Crippen molar-refractivity contribution in [1.82, 2.24) is 5.32 Å². The average molecular weight is 313 g/mol. The molecular weight excluding hydrogens is 291 g/mol. The van der Waals surface area contributed by atoms with Gasteiger partial charge in [-0.1, -0.05) is 43.7 Å². The Morgan fingerprint density at radius 3 is 2.57 bits per heavy atom. The summed E-state index contributed by atoms with van der Waals surface area (Å²) in [6, 6.07) is 4.52. The SMILES string of the molecule is O=C(CNC1CCCCCCC1)Nc1cc(Cl)ccc1F. The van der Waals surface area contributed by atoms with Gasteiger partial charge in [0.15, 0.2) is 0 Å². The van der Waals surface area contributed by atoms with E-state index >= 15 is 0 Å². The molecule has 0 saturated heterocycles. The van der Waals surface area contributed by atoms with Crippen molar-refractivity contribution in [2.45, 2.75) is 51.0 Å². The molecule has 0 spiro atoms. The van der Waals surface area contributed by atoms with Crippen LogP contribution in [0.15, 0.2) is 18.2 Å². The van der Waals surface area contributed by atoms with E-state index in [0.29, 0.717) is 11.1 Å². The third kappa shape index (κ3) is 5.64. The Labute approximate surface area is 130 Å². The van der Waals surface area contributed by atoms with Gasteiger partial charge in [0.2, 0.25) is 5.91 Å². The minimum atomic E-state index is -0.473. The summed E-state index contributed by atoms with van der Waals surface area (Å²) in [5.74, 6) is -0.711. The van der Waals surface area contributed by atoms with Crippen molar-refractivity contribution in [3.05, 3.63) is 29.0 Å². The standard InChI is InChI=1S/C16H22ClFN2O/c17-12-8-9-14(18)15(10-12)20-16(21)11-19-13-6-4-2-1-3-5-7-13/h8-10,13,19H,1-7,11H2,(H,20,21). The van der Waals surface area contributed by atoms with E-state index in [9.17, 15) is 9.18 Å². The number of halogens is 2. The molecule has 0 unspecified atom stereocenters. The van der Waals surface area contributed by atoms with Gasteiger partial charge < -0.3 is 10.6 Å². The highest BCUT2D eigenvalue weighted by Crippen LogP contribution is 2.19. The van der Waals surface area contributed by atoms with Gasteiger partial charge in [-0.05, 0) is 31.0 Å². The van der Waals surface area contributed by atoms with E-state index in [4.69, 9.17) is 11.6 Å². The molecule has 3 nitrogen and oxygen atoms in total. The molecule has 1 aliphatic carbocycles. The normalized spacial score (nSPS) is 17.0. The highest BCUT2D eigenvalue weighted by Gasteiger charge is 2.13. The van der Waals surface area contributed by atoms with Gasteiger partial charge in [0.05, 0.1) is 12.2 Å². The van der Waals surface area contributed by atoms with Crippen LogP contribution in [0.2, 0.25) is 5.02 Å². The topological polar surface area (TPSA) is 41.1 Å². The van der Waals surface area contributed by atoms with Crippen molar-refractivity contribution in [2.75, 3.05) is 11.9 Å². The third-order valence-electron chi connectivity index (χ3n) is 3.86. The summed E-state index contributed by atoms with van der Waals surface area (Å²) in [4.78, 5) is 11.9. The first-order valence-corrected chi connectivity index (χ1v) is 8.01. The van der Waals surface area contributed by atoms with Crippen LogP contribution in [-0.4, -0.2) is 18.5 Å². The Bertz CT molecular complexity index is 473. The van der Waals surface area contributed by atoms with E-state index < -0.39 is 5.82 Å². The van der Waals surface area contributed by atoms with Crippen molar-refractivity contribution in [2.24, 2.45) is 0 Å². The second-order valence-corrected chi connectivity index (χ2v) is 6.03. The lowest BCUT2D eigenvalue weighted by Crippen LogP contribution is -2.36. The molecule has 21 heavy (non-hydrogen) atoms. The Morgan fingerprint density at radius 2 is 1.86 bits per heavy atom. The fourth-order valence-electron chi connectivity index (χ4n) is 2.68. The lowest BCUT2D eigenvalue weighted by Gasteiger charge is -2.20. The zero-order chi connectivity index (χ0) is 15.1. The molecule has 1 amide bonds. The van der Waals surface area contributed by atoms with E-state index in [1.165, 1.54) is 50.3 Å². The van der Waals surface area contributed by atoms with E-state index in [-0.39, 0.29) is 18.1 Å². The van der Waals surface area contributed by atoms with Crippen molar-refractivity contribution >= 4 is 23.2 Å². The van der Waals surface area contributed by atoms with Crippen LogP contribution in [0.4, 0.5) is 10.1 Å². The second kappa shape index (κ2) is 8.35. The van der Waals surface area contributed by atoms with E-state index in [1.807, 2.05) is 0 Å². The Hall–Kier alpha value is -1.13. The third-order valence-corrected chi connectivity index (χ3v) is 4.09. The molecular formula is C16H22ClFN2O. The van der Waals surface area contributed by atoms with Crippen molar-refractivity contribution in [3.63, 3.8) is 0 Å². The number of benzene rings is 1. The average Bonchev–Trinajstić information content (AvgIpc) is 2.42. The highest BCUT2D eigenvalue weighted by atomic mass is 35.5. The molecule has 1 aromatic rings. The molecule has 1 aliphatic rings. The molecule has 0 aliphatic heterocycles. The number of carbonyl (C=O) groups excluding carboxylic acids is 1. The lowest BCUT2D eigenvalue weighted by atomic mass is 9.97. The van der Waals surface area contributed by atoms with Crippen LogP contribution in [0.3, 0.4) is 0 Å². The maximum Gasteiger partial charge on any atom is 0.238 e. The quantitative estimate of drug-likeness (QED) is 0.878. The van der Waals surface area contributed by atoms with Crippen LogP contribution in [-0.2, 0) is 4.79 Å². The van der Waals surface area contributed by atoms with E-state index in [0.717, 1.165) is 12.8 Å². The van der Waals surface area contributed by atoms with Crippen LogP contribution < -0.4 is 10.6 Å². The minimum absolute atomic E-state index is 0.131. The first-order valence-electron chi connectivity index (χ1n) is 7.63. The first kappa shape index (κ1) is 16.2. The van der Waals surface area contributed by atoms with Crippen LogP contribution in [0, 0.1) is 5.82 Å². The van der Waals surface area contributed by atoms with Gasteiger partial charge in [-0.2, -0.15) is 0 Å². The Balaban J connectivity index is 1.79. The predicted molar refractivity (Wildman–Crippen MR) is 84.1 cm³/mol. The number of carbonyl (C=O) groups is 1. The zero-order valence-corrected chi connectivity index (χ0v) is 12.9. The lowest BCUT2D eigenvalue weighted by molar-refractivity contribution is -0.115. The van der Waals surface area contributed by atoms with Gasteiger partial charge in [0.25, 0.3) is 0 Å². The van der Waals surface area contributed by atoms with E-state index in [2.05, 4.69) is 10.6 Å². The van der Waals surface area contributed by atoms with Crippen LogP contribution in [0.25, 0.3) is 0 Å². The first-order chi connectivity index (χ1) is 10.1. The number of anilines is 1. The second-order valence-electron chi connectivity index (χ2n) is 5.60. The monoisotopic (exact) mass is 312 g/mol. The molecule has 0 aromatic heterocycles. The van der Waals surface area contributed by atoms with Crippen molar-refractivity contribution < 1.29 is 9.18 Å². The highest BCUT2D eigenvalue weighted by molar-refractivity contribution is 6.30.